The van der Waals surface area contributed by atoms with E-state index in [1.165, 1.54) is 0 Å². The fourth-order valence-corrected chi connectivity index (χ4v) is 5.67. The average Bonchev–Trinajstić information content (AvgIpc) is 3.67. The maximum atomic E-state index is 16.5. The van der Waals surface area contributed by atoms with Crippen LogP contribution in [0.2, 0.25) is 0 Å². The number of allylic oxidation sites excluding steroid dienone is 1. The van der Waals surface area contributed by atoms with E-state index in [-0.39, 0.29) is 18.3 Å². The van der Waals surface area contributed by atoms with Crippen molar-refractivity contribution in [3.8, 4) is 5.75 Å². The minimum absolute atomic E-state index is 0.152. The Labute approximate surface area is 249 Å². The Bertz CT molecular complexity index is 1720. The van der Waals surface area contributed by atoms with Gasteiger partial charge < -0.3 is 25.6 Å². The standard InChI is InChI=1S/C34H33FN4O4/c1-2-20-14-27(31(35)29(15-20)43-25-11-13-42-19-25)33(38-24-8-9-26-22(16-24)10-12-37-34(26)36)32-23(18-30(40)41)17-28(39-32)21-6-4-3-5-7-21/h3-10,12,14-17,23,25,33,38H,2,11,13,18-19H2,1H3,(H2,36,37)(H,40,41)/t23?,25-,33?/m1/s1. The molecule has 0 radical (unpaired) electrons. The first-order valence-electron chi connectivity index (χ1n) is 14.4. The Morgan fingerprint density at radius 2 is 2.02 bits per heavy atom. The molecule has 1 aromatic heterocycles. The summed E-state index contributed by atoms with van der Waals surface area (Å²) < 4.78 is 28.1. The molecule has 1 fully saturated rings. The zero-order valence-corrected chi connectivity index (χ0v) is 23.8. The third kappa shape index (κ3) is 6.08. The van der Waals surface area contributed by atoms with Crippen LogP contribution in [0, 0.1) is 11.7 Å². The average molecular weight is 581 g/mol. The highest BCUT2D eigenvalue weighted by molar-refractivity contribution is 6.05. The van der Waals surface area contributed by atoms with Crippen molar-refractivity contribution in [1.29, 1.82) is 0 Å². The van der Waals surface area contributed by atoms with Crippen LogP contribution < -0.4 is 15.8 Å². The van der Waals surface area contributed by atoms with Gasteiger partial charge in [-0.2, -0.15) is 0 Å². The number of anilines is 2. The number of nitrogens with two attached hydrogens (primary N) is 1. The van der Waals surface area contributed by atoms with E-state index in [0.717, 1.165) is 21.9 Å². The molecule has 4 N–H and O–H groups in total. The summed E-state index contributed by atoms with van der Waals surface area (Å²) in [7, 11) is 0. The van der Waals surface area contributed by atoms with Crippen LogP contribution in [-0.2, 0) is 16.0 Å². The number of nitrogens with zero attached hydrogens (tertiary/aromatic N) is 2. The number of ether oxygens (including phenoxy) is 2. The van der Waals surface area contributed by atoms with Crippen LogP contribution >= 0.6 is 0 Å². The number of nitrogen functional groups attached to an aromatic ring is 1. The van der Waals surface area contributed by atoms with Crippen molar-refractivity contribution in [1.82, 2.24) is 4.98 Å². The van der Waals surface area contributed by atoms with Gasteiger partial charge in [0.05, 0.1) is 37.1 Å². The van der Waals surface area contributed by atoms with Crippen LogP contribution in [0.15, 0.2) is 84.0 Å². The molecule has 2 aliphatic rings. The monoisotopic (exact) mass is 580 g/mol. The largest absolute Gasteiger partial charge is 0.485 e. The van der Waals surface area contributed by atoms with Gasteiger partial charge in [-0.25, -0.2) is 9.37 Å². The van der Waals surface area contributed by atoms with Gasteiger partial charge in [-0.05, 0) is 59.3 Å². The molecule has 220 valence electrons. The van der Waals surface area contributed by atoms with Crippen molar-refractivity contribution in [3.63, 3.8) is 0 Å². The molecule has 6 rings (SSSR count). The van der Waals surface area contributed by atoms with Crippen LogP contribution in [0.1, 0.15) is 42.5 Å². The predicted octanol–water partition coefficient (Wildman–Crippen LogP) is 6.43. The number of pyridine rings is 1. The summed E-state index contributed by atoms with van der Waals surface area (Å²) in [6.07, 6.45) is 4.40. The molecular formula is C34H33FN4O4. The Balaban J connectivity index is 1.48. The van der Waals surface area contributed by atoms with E-state index in [1.807, 2.05) is 73.7 Å². The lowest BCUT2D eigenvalue weighted by atomic mass is 9.89. The van der Waals surface area contributed by atoms with Crippen LogP contribution in [-0.4, -0.2) is 41.1 Å². The summed E-state index contributed by atoms with van der Waals surface area (Å²) in [6, 6.07) is 19.8. The normalized spacial score (nSPS) is 18.7. The third-order valence-corrected chi connectivity index (χ3v) is 7.88. The molecule has 8 nitrogen and oxygen atoms in total. The summed E-state index contributed by atoms with van der Waals surface area (Å²) in [5.74, 6) is -1.48. The number of nitrogens with one attached hydrogen (secondary N) is 1. The molecule has 0 aliphatic carbocycles. The Hall–Kier alpha value is -4.76. The molecule has 3 atom stereocenters. The molecule has 9 heteroatoms. The fourth-order valence-electron chi connectivity index (χ4n) is 5.67. The van der Waals surface area contributed by atoms with E-state index in [4.69, 9.17) is 20.2 Å². The summed E-state index contributed by atoms with van der Waals surface area (Å²) >= 11 is 0. The quantitative estimate of drug-likeness (QED) is 0.198. The van der Waals surface area contributed by atoms with E-state index < -0.39 is 23.7 Å². The third-order valence-electron chi connectivity index (χ3n) is 7.88. The first-order valence-corrected chi connectivity index (χ1v) is 14.4. The summed E-state index contributed by atoms with van der Waals surface area (Å²) in [4.78, 5) is 21.2. The number of hydrogen-bond donors (Lipinski definition) is 3. The highest BCUT2D eigenvalue weighted by atomic mass is 19.1. The van der Waals surface area contributed by atoms with E-state index in [1.54, 1.807) is 12.3 Å². The van der Waals surface area contributed by atoms with E-state index >= 15 is 4.39 Å². The predicted molar refractivity (Wildman–Crippen MR) is 166 cm³/mol. The number of halogens is 1. The lowest BCUT2D eigenvalue weighted by molar-refractivity contribution is -0.137. The number of benzene rings is 3. The Morgan fingerprint density at radius 3 is 2.77 bits per heavy atom. The lowest BCUT2D eigenvalue weighted by Gasteiger charge is -2.26. The van der Waals surface area contributed by atoms with E-state index in [9.17, 15) is 9.90 Å². The lowest BCUT2D eigenvalue weighted by Crippen LogP contribution is -2.28. The molecule has 2 unspecified atom stereocenters. The molecule has 0 amide bonds. The summed E-state index contributed by atoms with van der Waals surface area (Å²) in [5.41, 5.74) is 10.0. The molecule has 2 aliphatic heterocycles. The maximum Gasteiger partial charge on any atom is 0.304 e. The van der Waals surface area contributed by atoms with Crippen LogP contribution in [0.3, 0.4) is 0 Å². The second kappa shape index (κ2) is 12.2. The van der Waals surface area contributed by atoms with Gasteiger partial charge in [0.25, 0.3) is 0 Å². The number of aromatic nitrogens is 1. The Morgan fingerprint density at radius 1 is 1.19 bits per heavy atom. The number of carboxylic acids is 1. The van der Waals surface area contributed by atoms with Gasteiger partial charge in [-0.1, -0.05) is 43.3 Å². The van der Waals surface area contributed by atoms with Gasteiger partial charge in [-0.3, -0.25) is 9.79 Å². The van der Waals surface area contributed by atoms with Gasteiger partial charge >= 0.3 is 5.97 Å². The number of hydrogen-bond acceptors (Lipinski definition) is 7. The summed E-state index contributed by atoms with van der Waals surface area (Å²) in [6.45, 7) is 2.97. The van der Waals surface area contributed by atoms with Crippen LogP contribution in [0.4, 0.5) is 15.9 Å². The minimum Gasteiger partial charge on any atom is -0.485 e. The number of rotatable bonds is 10. The molecule has 1 saturated heterocycles. The summed E-state index contributed by atoms with van der Waals surface area (Å²) in [5, 5.41) is 15.0. The smallest absolute Gasteiger partial charge is 0.304 e. The first-order chi connectivity index (χ1) is 20.9. The van der Waals surface area contributed by atoms with Gasteiger partial charge in [0, 0.05) is 35.2 Å². The van der Waals surface area contributed by atoms with Crippen molar-refractivity contribution in [2.24, 2.45) is 10.9 Å². The first kappa shape index (κ1) is 28.4. The highest BCUT2D eigenvalue weighted by Gasteiger charge is 2.34. The number of carbonyl (C=O) groups is 1. The number of aliphatic imine (C=N–C) groups is 1. The minimum atomic E-state index is -0.969. The number of aryl methyl sites for hydroxylation is 1. The van der Waals surface area contributed by atoms with E-state index in [0.29, 0.717) is 54.5 Å². The topological polar surface area (TPSA) is 119 Å². The van der Waals surface area contributed by atoms with Crippen LogP contribution in [0.5, 0.6) is 5.75 Å². The number of aliphatic carboxylic acids is 1. The van der Waals surface area contributed by atoms with Crippen molar-refractivity contribution in [2.75, 3.05) is 24.3 Å². The highest BCUT2D eigenvalue weighted by Crippen LogP contribution is 2.39. The van der Waals surface area contributed by atoms with Gasteiger partial charge in [0.15, 0.2) is 11.6 Å². The Kier molecular flexibility index (Phi) is 8.07. The van der Waals surface area contributed by atoms with Gasteiger partial charge in [0.2, 0.25) is 0 Å². The molecule has 3 aromatic carbocycles. The molecule has 43 heavy (non-hydrogen) atoms. The number of fused-ring (bicyclic) bond motifs is 1. The fraction of sp³-hybridized carbons (Fsp3) is 0.265. The van der Waals surface area contributed by atoms with Crippen molar-refractivity contribution < 1.29 is 23.8 Å². The van der Waals surface area contributed by atoms with Crippen molar-refractivity contribution in [3.05, 3.63) is 102 Å². The SMILES string of the molecule is CCc1cc(O[C@@H]2CCOC2)c(F)c(C(Nc2ccc3c(N)nccc3c2)C2=NC(c3ccccc3)=CC2CC(=O)O)c1. The number of carboxylic acid groups (broad SMARTS) is 1. The van der Waals surface area contributed by atoms with Crippen molar-refractivity contribution in [2.45, 2.75) is 38.3 Å². The van der Waals surface area contributed by atoms with Gasteiger partial charge in [-0.15, -0.1) is 0 Å². The molecular weight excluding hydrogens is 547 g/mol. The second-order valence-corrected chi connectivity index (χ2v) is 10.8. The van der Waals surface area contributed by atoms with E-state index in [2.05, 4.69) is 10.3 Å². The zero-order chi connectivity index (χ0) is 29.9. The van der Waals surface area contributed by atoms with Gasteiger partial charge in [0.1, 0.15) is 11.9 Å². The second-order valence-electron chi connectivity index (χ2n) is 10.8. The molecule has 0 saturated carbocycles. The molecule has 3 heterocycles. The molecule has 4 aromatic rings. The molecule has 0 bridgehead atoms. The van der Waals surface area contributed by atoms with Crippen LogP contribution in [0.25, 0.3) is 16.5 Å². The zero-order valence-electron chi connectivity index (χ0n) is 23.8. The van der Waals surface area contributed by atoms with Crippen molar-refractivity contribution >= 4 is 39.7 Å². The maximum absolute atomic E-state index is 16.5. The molecule has 0 spiro atoms.